The number of rotatable bonds is 13. The van der Waals surface area contributed by atoms with Crippen LogP contribution in [0.1, 0.15) is 97.8 Å². The van der Waals surface area contributed by atoms with E-state index in [9.17, 15) is 0 Å². The van der Waals surface area contributed by atoms with Crippen molar-refractivity contribution in [2.75, 3.05) is 0 Å². The van der Waals surface area contributed by atoms with Crippen LogP contribution in [0.2, 0.25) is 0 Å². The molecule has 0 rings (SSSR count). The Bertz CT molecular complexity index is 167. The van der Waals surface area contributed by atoms with Gasteiger partial charge < -0.3 is 0 Å². The van der Waals surface area contributed by atoms with Gasteiger partial charge in [0, 0.05) is 0 Å². The van der Waals surface area contributed by atoms with Gasteiger partial charge in [-0.15, -0.1) is 0 Å². The number of unbranched alkanes of at least 4 members (excludes halogenated alkanes) is 9. The number of hydrogen-bond acceptors (Lipinski definition) is 0. The van der Waals surface area contributed by atoms with Gasteiger partial charge in [0.05, 0.1) is 0 Å². The Hall–Kier alpha value is -0.260. The lowest BCUT2D eigenvalue weighted by Gasteiger charge is -2.03. The smallest absolute Gasteiger partial charge is 0.0351 e. The van der Waals surface area contributed by atoms with Crippen molar-refractivity contribution in [3.63, 3.8) is 0 Å². The fourth-order valence-electron chi connectivity index (χ4n) is 2.27. The van der Waals surface area contributed by atoms with E-state index in [4.69, 9.17) is 0 Å². The van der Waals surface area contributed by atoms with E-state index in [-0.39, 0.29) is 0 Å². The quantitative estimate of drug-likeness (QED) is 0.247. The maximum absolute atomic E-state index is 2.40. The first-order chi connectivity index (χ1) is 8.77. The van der Waals surface area contributed by atoms with Crippen molar-refractivity contribution in [2.24, 2.45) is 5.92 Å². The zero-order valence-electron chi connectivity index (χ0n) is 13.2. The molecule has 0 saturated heterocycles. The standard InChI is InChI=1S/C18H36/c1-4-5-6-7-8-9-10-11-12-13-14-15-16-17-18(2)3/h9-10,18H,4-8,11-17H2,1-3H3/b10-9+. The third kappa shape index (κ3) is 15.7. The average molecular weight is 252 g/mol. The van der Waals surface area contributed by atoms with Crippen molar-refractivity contribution >= 4 is 0 Å². The molecule has 0 nitrogen and oxygen atoms in total. The molecule has 0 fully saturated rings. The highest BCUT2D eigenvalue weighted by Crippen LogP contribution is 2.11. The molecule has 0 aromatic carbocycles. The van der Waals surface area contributed by atoms with E-state index in [2.05, 4.69) is 32.9 Å². The van der Waals surface area contributed by atoms with Gasteiger partial charge in [0.25, 0.3) is 0 Å². The van der Waals surface area contributed by atoms with Gasteiger partial charge in [-0.1, -0.05) is 84.3 Å². The van der Waals surface area contributed by atoms with Crippen molar-refractivity contribution in [1.29, 1.82) is 0 Å². The first kappa shape index (κ1) is 17.7. The summed E-state index contributed by atoms with van der Waals surface area (Å²) in [5.74, 6) is 0.889. The average Bonchev–Trinajstić information content (AvgIpc) is 2.34. The molecule has 0 bridgehead atoms. The summed E-state index contributed by atoms with van der Waals surface area (Å²) >= 11 is 0. The minimum Gasteiger partial charge on any atom is -0.0885 e. The Labute approximate surface area is 116 Å². The van der Waals surface area contributed by atoms with Gasteiger partial charge in [0.2, 0.25) is 0 Å². The molecule has 18 heavy (non-hydrogen) atoms. The van der Waals surface area contributed by atoms with Gasteiger partial charge in [-0.3, -0.25) is 0 Å². The largest absolute Gasteiger partial charge is 0.0885 e. The summed E-state index contributed by atoms with van der Waals surface area (Å²) in [5.41, 5.74) is 0. The molecule has 0 saturated carbocycles. The van der Waals surface area contributed by atoms with Gasteiger partial charge in [0.1, 0.15) is 0 Å². The zero-order valence-corrected chi connectivity index (χ0v) is 13.2. The fourth-order valence-corrected chi connectivity index (χ4v) is 2.27. The van der Waals surface area contributed by atoms with E-state index in [1.54, 1.807) is 0 Å². The summed E-state index contributed by atoms with van der Waals surface area (Å²) in [6, 6.07) is 0. The van der Waals surface area contributed by atoms with Crippen LogP contribution in [0.3, 0.4) is 0 Å². The van der Waals surface area contributed by atoms with Gasteiger partial charge in [-0.25, -0.2) is 0 Å². The van der Waals surface area contributed by atoms with Crippen LogP contribution < -0.4 is 0 Å². The zero-order chi connectivity index (χ0) is 13.5. The molecule has 0 atom stereocenters. The molecular weight excluding hydrogens is 216 g/mol. The Morgan fingerprint density at radius 1 is 0.667 bits per heavy atom. The monoisotopic (exact) mass is 252 g/mol. The molecular formula is C18H36. The van der Waals surface area contributed by atoms with E-state index in [0.29, 0.717) is 0 Å². The first-order valence-electron chi connectivity index (χ1n) is 8.42. The number of allylic oxidation sites excluding steroid dienone is 2. The highest BCUT2D eigenvalue weighted by molar-refractivity contribution is 4.81. The van der Waals surface area contributed by atoms with Crippen molar-refractivity contribution in [3.05, 3.63) is 12.2 Å². The molecule has 0 aliphatic carbocycles. The molecule has 0 radical (unpaired) electrons. The summed E-state index contributed by atoms with van der Waals surface area (Å²) < 4.78 is 0. The van der Waals surface area contributed by atoms with Crippen molar-refractivity contribution in [1.82, 2.24) is 0 Å². The van der Waals surface area contributed by atoms with E-state index < -0.39 is 0 Å². The number of hydrogen-bond donors (Lipinski definition) is 0. The minimum atomic E-state index is 0.889. The van der Waals surface area contributed by atoms with E-state index in [0.717, 1.165) is 5.92 Å². The molecule has 0 unspecified atom stereocenters. The maximum Gasteiger partial charge on any atom is -0.0351 e. The Morgan fingerprint density at radius 2 is 1.17 bits per heavy atom. The molecule has 0 aliphatic heterocycles. The summed E-state index contributed by atoms with van der Waals surface area (Å²) in [7, 11) is 0. The lowest BCUT2D eigenvalue weighted by atomic mass is 10.0. The third-order valence-corrected chi connectivity index (χ3v) is 3.54. The Balaban J connectivity index is 3.04. The van der Waals surface area contributed by atoms with Crippen LogP contribution in [0.5, 0.6) is 0 Å². The summed E-state index contributed by atoms with van der Waals surface area (Å²) in [5, 5.41) is 0. The second-order valence-electron chi connectivity index (χ2n) is 6.06. The highest BCUT2D eigenvalue weighted by Gasteiger charge is 1.94. The molecule has 0 amide bonds. The van der Waals surface area contributed by atoms with Crippen LogP contribution >= 0.6 is 0 Å². The molecule has 108 valence electrons. The molecule has 0 spiro atoms. The van der Waals surface area contributed by atoms with Crippen molar-refractivity contribution in [2.45, 2.75) is 97.8 Å². The Kier molecular flexibility index (Phi) is 14.6. The highest BCUT2D eigenvalue weighted by atomic mass is 14.0. The molecule has 0 aromatic heterocycles. The Morgan fingerprint density at radius 3 is 1.72 bits per heavy atom. The van der Waals surface area contributed by atoms with Crippen LogP contribution in [0.4, 0.5) is 0 Å². The fraction of sp³-hybridized carbons (Fsp3) is 0.889. The predicted molar refractivity (Wildman–Crippen MR) is 85.1 cm³/mol. The first-order valence-corrected chi connectivity index (χ1v) is 8.42. The SMILES string of the molecule is CCCCCC/C=C/CCCCCCCC(C)C. The molecule has 0 aliphatic rings. The minimum absolute atomic E-state index is 0.889. The van der Waals surface area contributed by atoms with E-state index in [1.807, 2.05) is 0 Å². The van der Waals surface area contributed by atoms with Gasteiger partial charge >= 0.3 is 0 Å². The third-order valence-electron chi connectivity index (χ3n) is 3.54. The summed E-state index contributed by atoms with van der Waals surface area (Å²) in [6.45, 7) is 6.92. The van der Waals surface area contributed by atoms with Crippen LogP contribution in [0, 0.1) is 5.92 Å². The maximum atomic E-state index is 2.40. The van der Waals surface area contributed by atoms with Crippen molar-refractivity contribution in [3.8, 4) is 0 Å². The molecule has 0 heterocycles. The van der Waals surface area contributed by atoms with Gasteiger partial charge in [-0.05, 0) is 31.6 Å². The second-order valence-corrected chi connectivity index (χ2v) is 6.06. The van der Waals surface area contributed by atoms with Crippen molar-refractivity contribution < 1.29 is 0 Å². The summed E-state index contributed by atoms with van der Waals surface area (Å²) in [6.07, 6.45) is 21.5. The van der Waals surface area contributed by atoms with Gasteiger partial charge in [-0.2, -0.15) is 0 Å². The van der Waals surface area contributed by atoms with Crippen LogP contribution in [0.15, 0.2) is 12.2 Å². The lowest BCUT2D eigenvalue weighted by Crippen LogP contribution is -1.86. The second kappa shape index (κ2) is 14.8. The predicted octanol–water partition coefficient (Wildman–Crippen LogP) is 6.90. The van der Waals surface area contributed by atoms with Crippen LogP contribution in [-0.4, -0.2) is 0 Å². The molecule has 0 N–H and O–H groups in total. The van der Waals surface area contributed by atoms with E-state index >= 15 is 0 Å². The summed E-state index contributed by atoms with van der Waals surface area (Å²) in [4.78, 5) is 0. The lowest BCUT2D eigenvalue weighted by molar-refractivity contribution is 0.516. The molecule has 0 heteroatoms. The van der Waals surface area contributed by atoms with Crippen LogP contribution in [0.25, 0.3) is 0 Å². The normalized spacial score (nSPS) is 11.8. The van der Waals surface area contributed by atoms with E-state index in [1.165, 1.54) is 77.0 Å². The van der Waals surface area contributed by atoms with Crippen LogP contribution in [-0.2, 0) is 0 Å². The van der Waals surface area contributed by atoms with Gasteiger partial charge in [0.15, 0.2) is 0 Å². The topological polar surface area (TPSA) is 0 Å². The molecule has 0 aromatic rings.